The molecule has 2 N–H and O–H groups in total. The predicted octanol–water partition coefficient (Wildman–Crippen LogP) is 2.13. The molecule has 0 spiro atoms. The second-order valence-electron chi connectivity index (χ2n) is 5.49. The van der Waals surface area contributed by atoms with Crippen molar-refractivity contribution in [1.29, 1.82) is 0 Å². The first-order valence-electron chi connectivity index (χ1n) is 7.26. The van der Waals surface area contributed by atoms with Gasteiger partial charge in [0.2, 0.25) is 5.91 Å². The molecule has 19 heavy (non-hydrogen) atoms. The maximum Gasteiger partial charge on any atom is 0.239 e. The van der Waals surface area contributed by atoms with E-state index in [4.69, 9.17) is 5.73 Å². The Morgan fingerprint density at radius 3 is 2.74 bits per heavy atom. The SMILES string of the molecule is CCCN(C(=O)[C@H](C)N)C1CCc2ccccc2C1. The maximum atomic E-state index is 12.2. The summed E-state index contributed by atoms with van der Waals surface area (Å²) in [6, 6.07) is 8.47. The quantitative estimate of drug-likeness (QED) is 0.901. The molecule has 1 aliphatic carbocycles. The van der Waals surface area contributed by atoms with Crippen LogP contribution in [0.3, 0.4) is 0 Å². The first kappa shape index (κ1) is 14.1. The number of nitrogens with zero attached hydrogens (tertiary/aromatic N) is 1. The highest BCUT2D eigenvalue weighted by Crippen LogP contribution is 2.25. The lowest BCUT2D eigenvalue weighted by atomic mass is 9.87. The van der Waals surface area contributed by atoms with Gasteiger partial charge in [-0.2, -0.15) is 0 Å². The van der Waals surface area contributed by atoms with Gasteiger partial charge in [-0.05, 0) is 43.7 Å². The number of hydrogen-bond donors (Lipinski definition) is 1. The van der Waals surface area contributed by atoms with Gasteiger partial charge in [0.05, 0.1) is 6.04 Å². The van der Waals surface area contributed by atoms with Crippen LogP contribution in [0, 0.1) is 0 Å². The van der Waals surface area contributed by atoms with Crippen molar-refractivity contribution in [3.05, 3.63) is 35.4 Å². The number of hydrogen-bond acceptors (Lipinski definition) is 2. The van der Waals surface area contributed by atoms with Crippen LogP contribution in [0.1, 0.15) is 37.8 Å². The monoisotopic (exact) mass is 260 g/mol. The van der Waals surface area contributed by atoms with Crippen LogP contribution in [0.15, 0.2) is 24.3 Å². The number of fused-ring (bicyclic) bond motifs is 1. The molecule has 2 rings (SSSR count). The van der Waals surface area contributed by atoms with Crippen LogP contribution in [0.25, 0.3) is 0 Å². The van der Waals surface area contributed by atoms with Crippen LogP contribution >= 0.6 is 0 Å². The average molecular weight is 260 g/mol. The normalized spacial score (nSPS) is 19.6. The summed E-state index contributed by atoms with van der Waals surface area (Å²) in [6.45, 7) is 4.70. The van der Waals surface area contributed by atoms with Crippen LogP contribution in [-0.2, 0) is 17.6 Å². The predicted molar refractivity (Wildman–Crippen MR) is 77.9 cm³/mol. The Morgan fingerprint density at radius 2 is 2.11 bits per heavy atom. The molecule has 0 heterocycles. The van der Waals surface area contributed by atoms with Crippen LogP contribution < -0.4 is 5.73 Å². The molecule has 1 aromatic rings. The molecule has 0 aliphatic heterocycles. The van der Waals surface area contributed by atoms with E-state index in [-0.39, 0.29) is 5.91 Å². The number of nitrogens with two attached hydrogens (primary N) is 1. The highest BCUT2D eigenvalue weighted by molar-refractivity contribution is 5.81. The van der Waals surface area contributed by atoms with E-state index < -0.39 is 6.04 Å². The van der Waals surface area contributed by atoms with Gasteiger partial charge in [-0.25, -0.2) is 0 Å². The van der Waals surface area contributed by atoms with E-state index in [2.05, 4.69) is 31.2 Å². The number of amides is 1. The first-order chi connectivity index (χ1) is 9.13. The van der Waals surface area contributed by atoms with Gasteiger partial charge in [0.25, 0.3) is 0 Å². The smallest absolute Gasteiger partial charge is 0.239 e. The maximum absolute atomic E-state index is 12.2. The van der Waals surface area contributed by atoms with Crippen molar-refractivity contribution in [2.45, 2.75) is 51.6 Å². The van der Waals surface area contributed by atoms with E-state index in [1.807, 2.05) is 4.90 Å². The molecule has 104 valence electrons. The molecule has 1 aliphatic rings. The fourth-order valence-corrected chi connectivity index (χ4v) is 2.92. The van der Waals surface area contributed by atoms with Crippen LogP contribution in [0.2, 0.25) is 0 Å². The zero-order valence-corrected chi connectivity index (χ0v) is 11.9. The largest absolute Gasteiger partial charge is 0.338 e. The summed E-state index contributed by atoms with van der Waals surface area (Å²) in [5, 5.41) is 0. The van der Waals surface area contributed by atoms with Crippen molar-refractivity contribution in [3.63, 3.8) is 0 Å². The Hall–Kier alpha value is -1.35. The summed E-state index contributed by atoms with van der Waals surface area (Å²) in [5.41, 5.74) is 8.60. The highest BCUT2D eigenvalue weighted by atomic mass is 16.2. The molecule has 3 nitrogen and oxygen atoms in total. The molecule has 0 saturated carbocycles. The minimum Gasteiger partial charge on any atom is -0.338 e. The average Bonchev–Trinajstić information content (AvgIpc) is 2.43. The summed E-state index contributed by atoms with van der Waals surface area (Å²) in [7, 11) is 0. The molecular formula is C16H24N2O. The van der Waals surface area contributed by atoms with Crippen LogP contribution in [0.5, 0.6) is 0 Å². The lowest BCUT2D eigenvalue weighted by molar-refractivity contribution is -0.134. The molecule has 0 saturated heterocycles. The van der Waals surface area contributed by atoms with Gasteiger partial charge in [0.15, 0.2) is 0 Å². The molecule has 0 bridgehead atoms. The van der Waals surface area contributed by atoms with Crippen molar-refractivity contribution in [2.75, 3.05) is 6.54 Å². The minimum absolute atomic E-state index is 0.0891. The Kier molecular flexibility index (Phi) is 4.59. The molecule has 3 heteroatoms. The summed E-state index contributed by atoms with van der Waals surface area (Å²) >= 11 is 0. The van der Waals surface area contributed by atoms with Gasteiger partial charge in [-0.3, -0.25) is 4.79 Å². The van der Waals surface area contributed by atoms with E-state index in [1.54, 1.807) is 6.92 Å². The minimum atomic E-state index is -0.399. The van der Waals surface area contributed by atoms with Crippen molar-refractivity contribution in [2.24, 2.45) is 5.73 Å². The van der Waals surface area contributed by atoms with Gasteiger partial charge in [-0.15, -0.1) is 0 Å². The molecular weight excluding hydrogens is 236 g/mol. The third-order valence-corrected chi connectivity index (χ3v) is 3.90. The Labute approximate surface area is 115 Å². The number of aryl methyl sites for hydroxylation is 1. The third-order valence-electron chi connectivity index (χ3n) is 3.90. The lowest BCUT2D eigenvalue weighted by Crippen LogP contribution is -2.49. The second-order valence-corrected chi connectivity index (χ2v) is 5.49. The molecule has 1 aromatic carbocycles. The summed E-state index contributed by atoms with van der Waals surface area (Å²) in [6.07, 6.45) is 4.06. The van der Waals surface area contributed by atoms with E-state index in [1.165, 1.54) is 11.1 Å². The van der Waals surface area contributed by atoms with E-state index >= 15 is 0 Å². The van der Waals surface area contributed by atoms with Crippen molar-refractivity contribution in [1.82, 2.24) is 4.90 Å². The molecule has 1 amide bonds. The Morgan fingerprint density at radius 1 is 1.42 bits per heavy atom. The van der Waals surface area contributed by atoms with Gasteiger partial charge < -0.3 is 10.6 Å². The van der Waals surface area contributed by atoms with Crippen molar-refractivity contribution >= 4 is 5.91 Å². The summed E-state index contributed by atoms with van der Waals surface area (Å²) in [5.74, 6) is 0.0891. The number of carbonyl (C=O) groups is 1. The zero-order valence-electron chi connectivity index (χ0n) is 11.9. The molecule has 1 unspecified atom stereocenters. The van der Waals surface area contributed by atoms with Crippen molar-refractivity contribution in [3.8, 4) is 0 Å². The number of rotatable bonds is 4. The summed E-state index contributed by atoms with van der Waals surface area (Å²) in [4.78, 5) is 14.2. The van der Waals surface area contributed by atoms with Gasteiger partial charge in [0, 0.05) is 12.6 Å². The molecule has 0 aromatic heterocycles. The summed E-state index contributed by atoms with van der Waals surface area (Å²) < 4.78 is 0. The fourth-order valence-electron chi connectivity index (χ4n) is 2.92. The first-order valence-corrected chi connectivity index (χ1v) is 7.26. The molecule has 0 fully saturated rings. The van der Waals surface area contributed by atoms with E-state index in [0.717, 1.165) is 32.2 Å². The van der Waals surface area contributed by atoms with Crippen molar-refractivity contribution < 1.29 is 4.79 Å². The standard InChI is InChI=1S/C16H24N2O/c1-3-10-18(16(19)12(2)17)15-9-8-13-6-4-5-7-14(13)11-15/h4-7,12,15H,3,8-11,17H2,1-2H3/t12-,15?/m0/s1. The number of carbonyl (C=O) groups excluding carboxylic acids is 1. The van der Waals surface area contributed by atoms with Crippen LogP contribution in [0.4, 0.5) is 0 Å². The highest BCUT2D eigenvalue weighted by Gasteiger charge is 2.28. The van der Waals surface area contributed by atoms with E-state index in [0.29, 0.717) is 6.04 Å². The Bertz CT molecular complexity index is 442. The topological polar surface area (TPSA) is 46.3 Å². The van der Waals surface area contributed by atoms with Gasteiger partial charge >= 0.3 is 0 Å². The second kappa shape index (κ2) is 6.20. The van der Waals surface area contributed by atoms with Gasteiger partial charge in [-0.1, -0.05) is 31.2 Å². The molecule has 2 atom stereocenters. The third kappa shape index (κ3) is 3.16. The zero-order chi connectivity index (χ0) is 13.8. The van der Waals surface area contributed by atoms with Crippen LogP contribution in [-0.4, -0.2) is 29.4 Å². The Balaban J connectivity index is 2.14. The number of benzene rings is 1. The fraction of sp³-hybridized carbons (Fsp3) is 0.562. The lowest BCUT2D eigenvalue weighted by Gasteiger charge is -2.36. The van der Waals surface area contributed by atoms with Gasteiger partial charge in [0.1, 0.15) is 0 Å². The molecule has 0 radical (unpaired) electrons. The van der Waals surface area contributed by atoms with E-state index in [9.17, 15) is 4.79 Å².